The van der Waals surface area contributed by atoms with Gasteiger partial charge in [-0.05, 0) is 43.1 Å². The van der Waals surface area contributed by atoms with Gasteiger partial charge in [-0.1, -0.05) is 11.6 Å². The van der Waals surface area contributed by atoms with Crippen molar-refractivity contribution < 1.29 is 9.53 Å². The van der Waals surface area contributed by atoms with Crippen LogP contribution >= 0.6 is 24.0 Å². The number of rotatable bonds is 4. The van der Waals surface area contributed by atoms with E-state index in [1.165, 1.54) is 0 Å². The van der Waals surface area contributed by atoms with Crippen LogP contribution in [-0.4, -0.2) is 25.6 Å². The number of amides is 1. The quantitative estimate of drug-likeness (QED) is 0.833. The van der Waals surface area contributed by atoms with E-state index >= 15 is 0 Å². The van der Waals surface area contributed by atoms with Crippen molar-refractivity contribution in [2.24, 2.45) is 11.7 Å². The lowest BCUT2D eigenvalue weighted by molar-refractivity contribution is -0.126. The van der Waals surface area contributed by atoms with Crippen LogP contribution in [0.5, 0.6) is 5.75 Å². The monoisotopic (exact) mass is 304 g/mol. The molecule has 1 aliphatic rings. The second-order valence-electron chi connectivity index (χ2n) is 4.40. The van der Waals surface area contributed by atoms with E-state index in [2.05, 4.69) is 5.32 Å². The lowest BCUT2D eigenvalue weighted by atomic mass is 9.96. The minimum absolute atomic E-state index is 0. The molecule has 0 fully saturated rings. The van der Waals surface area contributed by atoms with Gasteiger partial charge in [0.1, 0.15) is 12.4 Å². The third kappa shape index (κ3) is 4.27. The fourth-order valence-electron chi connectivity index (χ4n) is 1.99. The van der Waals surface area contributed by atoms with Gasteiger partial charge in [-0.15, -0.1) is 12.4 Å². The van der Waals surface area contributed by atoms with Gasteiger partial charge in [-0.2, -0.15) is 0 Å². The molecule has 3 N–H and O–H groups in total. The number of carbonyl (C=O) groups is 1. The highest BCUT2D eigenvalue weighted by Gasteiger charge is 2.25. The molecule has 0 aromatic heterocycles. The average molecular weight is 305 g/mol. The molecule has 0 spiro atoms. The summed E-state index contributed by atoms with van der Waals surface area (Å²) in [5.41, 5.74) is 6.38. The first-order valence-corrected chi connectivity index (χ1v) is 6.47. The summed E-state index contributed by atoms with van der Waals surface area (Å²) in [6.45, 7) is 1.62. The summed E-state index contributed by atoms with van der Waals surface area (Å²) < 4.78 is 5.57. The smallest absolute Gasteiger partial charge is 0.226 e. The van der Waals surface area contributed by atoms with E-state index in [1.54, 1.807) is 6.07 Å². The molecule has 0 aliphatic carbocycles. The van der Waals surface area contributed by atoms with E-state index in [0.717, 1.165) is 17.7 Å². The maximum Gasteiger partial charge on any atom is 0.226 e. The summed E-state index contributed by atoms with van der Waals surface area (Å²) in [6.07, 6.45) is 1.46. The van der Waals surface area contributed by atoms with Gasteiger partial charge in [-0.3, -0.25) is 4.79 Å². The third-order valence-electron chi connectivity index (χ3n) is 2.98. The van der Waals surface area contributed by atoms with Gasteiger partial charge < -0.3 is 15.8 Å². The van der Waals surface area contributed by atoms with Crippen molar-refractivity contribution in [1.29, 1.82) is 0 Å². The van der Waals surface area contributed by atoms with Crippen LogP contribution in [-0.2, 0) is 11.2 Å². The van der Waals surface area contributed by atoms with Gasteiger partial charge in [0.15, 0.2) is 0 Å². The number of halogens is 2. The van der Waals surface area contributed by atoms with Crippen LogP contribution < -0.4 is 15.8 Å². The van der Waals surface area contributed by atoms with E-state index in [1.807, 2.05) is 12.1 Å². The normalized spacial score (nSPS) is 16.8. The van der Waals surface area contributed by atoms with E-state index in [9.17, 15) is 4.79 Å². The lowest BCUT2D eigenvalue weighted by Gasteiger charge is -2.24. The second-order valence-corrected chi connectivity index (χ2v) is 4.83. The summed E-state index contributed by atoms with van der Waals surface area (Å²) in [6, 6.07) is 5.50. The number of carbonyl (C=O) groups excluding carboxylic acids is 1. The molecule has 106 valence electrons. The molecule has 0 radical (unpaired) electrons. The van der Waals surface area contributed by atoms with E-state index < -0.39 is 0 Å². The zero-order valence-electron chi connectivity index (χ0n) is 10.5. The highest BCUT2D eigenvalue weighted by Crippen LogP contribution is 2.29. The molecule has 1 unspecified atom stereocenters. The van der Waals surface area contributed by atoms with Crippen LogP contribution in [0.4, 0.5) is 0 Å². The Labute approximate surface area is 124 Å². The molecule has 19 heavy (non-hydrogen) atoms. The predicted octanol–water partition coefficient (Wildman–Crippen LogP) is 1.78. The standard InChI is InChI=1S/C13H17ClN2O2.ClH/c14-11-2-3-12-9(7-11)6-10(8-18-12)13(17)16-5-1-4-15;/h2-3,7,10H,1,4-6,8,15H2,(H,16,17);1H. The van der Waals surface area contributed by atoms with Gasteiger partial charge in [0, 0.05) is 11.6 Å². The van der Waals surface area contributed by atoms with Crippen LogP contribution in [0.3, 0.4) is 0 Å². The summed E-state index contributed by atoms with van der Waals surface area (Å²) in [5.74, 6) is 0.702. The molecule has 0 saturated carbocycles. The molecular formula is C13H18Cl2N2O2. The van der Waals surface area contributed by atoms with Gasteiger partial charge in [-0.25, -0.2) is 0 Å². The fourth-order valence-corrected chi connectivity index (χ4v) is 2.18. The molecule has 0 bridgehead atoms. The van der Waals surface area contributed by atoms with Crippen LogP contribution in [0.1, 0.15) is 12.0 Å². The van der Waals surface area contributed by atoms with Crippen molar-refractivity contribution in [3.63, 3.8) is 0 Å². The Bertz CT molecular complexity index is 441. The highest BCUT2D eigenvalue weighted by atomic mass is 35.5. The second kappa shape index (κ2) is 7.58. The third-order valence-corrected chi connectivity index (χ3v) is 3.21. The Balaban J connectivity index is 0.00000180. The Morgan fingerprint density at radius 1 is 1.53 bits per heavy atom. The Morgan fingerprint density at radius 3 is 3.05 bits per heavy atom. The Morgan fingerprint density at radius 2 is 2.32 bits per heavy atom. The van der Waals surface area contributed by atoms with Crippen molar-refractivity contribution in [3.8, 4) is 5.75 Å². The van der Waals surface area contributed by atoms with Crippen LogP contribution in [0, 0.1) is 5.92 Å². The SMILES string of the molecule is Cl.NCCCNC(=O)C1COc2ccc(Cl)cc2C1. The van der Waals surface area contributed by atoms with Crippen molar-refractivity contribution in [3.05, 3.63) is 28.8 Å². The van der Waals surface area contributed by atoms with E-state index in [4.69, 9.17) is 22.1 Å². The van der Waals surface area contributed by atoms with Crippen LogP contribution in [0.15, 0.2) is 18.2 Å². The number of ether oxygens (including phenoxy) is 1. The molecule has 1 aromatic rings. The molecule has 2 rings (SSSR count). The Hall–Kier alpha value is -0.970. The van der Waals surface area contributed by atoms with E-state index in [0.29, 0.717) is 31.1 Å². The molecule has 1 aliphatic heterocycles. The van der Waals surface area contributed by atoms with Gasteiger partial charge in [0.05, 0.1) is 5.92 Å². The van der Waals surface area contributed by atoms with Gasteiger partial charge in [0.2, 0.25) is 5.91 Å². The molecule has 0 saturated heterocycles. The number of fused-ring (bicyclic) bond motifs is 1. The van der Waals surface area contributed by atoms with Crippen LogP contribution in [0.2, 0.25) is 5.02 Å². The van der Waals surface area contributed by atoms with Gasteiger partial charge in [0.25, 0.3) is 0 Å². The zero-order valence-corrected chi connectivity index (χ0v) is 12.1. The molecule has 1 aromatic carbocycles. The summed E-state index contributed by atoms with van der Waals surface area (Å²) >= 11 is 5.94. The highest BCUT2D eigenvalue weighted by molar-refractivity contribution is 6.30. The minimum atomic E-state index is -0.145. The number of nitrogens with two attached hydrogens (primary N) is 1. The van der Waals surface area contributed by atoms with Crippen molar-refractivity contribution in [2.75, 3.05) is 19.7 Å². The molecule has 1 heterocycles. The molecule has 6 heteroatoms. The predicted molar refractivity (Wildman–Crippen MR) is 78.1 cm³/mol. The molecule has 1 atom stereocenters. The summed E-state index contributed by atoms with van der Waals surface area (Å²) in [7, 11) is 0. The first-order valence-electron chi connectivity index (χ1n) is 6.09. The molecule has 4 nitrogen and oxygen atoms in total. The summed E-state index contributed by atoms with van der Waals surface area (Å²) in [4.78, 5) is 11.9. The molecular weight excluding hydrogens is 287 g/mol. The van der Waals surface area contributed by atoms with Crippen LogP contribution in [0.25, 0.3) is 0 Å². The number of benzene rings is 1. The number of nitrogens with one attached hydrogen (secondary N) is 1. The maximum atomic E-state index is 11.9. The number of hydrogen-bond acceptors (Lipinski definition) is 3. The topological polar surface area (TPSA) is 64.3 Å². The first-order chi connectivity index (χ1) is 8.70. The molecule has 1 amide bonds. The first kappa shape index (κ1) is 16.1. The van der Waals surface area contributed by atoms with E-state index in [-0.39, 0.29) is 24.2 Å². The zero-order chi connectivity index (χ0) is 13.0. The van der Waals surface area contributed by atoms with Crippen molar-refractivity contribution in [1.82, 2.24) is 5.32 Å². The van der Waals surface area contributed by atoms with Crippen molar-refractivity contribution >= 4 is 29.9 Å². The fraction of sp³-hybridized carbons (Fsp3) is 0.462. The van der Waals surface area contributed by atoms with Crippen molar-refractivity contribution in [2.45, 2.75) is 12.8 Å². The minimum Gasteiger partial charge on any atom is -0.492 e. The largest absolute Gasteiger partial charge is 0.492 e. The average Bonchev–Trinajstić information content (AvgIpc) is 2.38. The maximum absolute atomic E-state index is 11.9. The summed E-state index contributed by atoms with van der Waals surface area (Å²) in [5, 5.41) is 3.53. The number of hydrogen-bond donors (Lipinski definition) is 2. The Kier molecular flexibility index (Phi) is 6.42. The lowest BCUT2D eigenvalue weighted by Crippen LogP contribution is -2.38. The van der Waals surface area contributed by atoms with Gasteiger partial charge >= 0.3 is 0 Å².